The van der Waals surface area contributed by atoms with E-state index in [-0.39, 0.29) is 5.97 Å². The molecule has 0 aromatic carbocycles. The second-order valence-electron chi connectivity index (χ2n) is 6.47. The van der Waals surface area contributed by atoms with Gasteiger partial charge in [0.05, 0.1) is 22.8 Å². The summed E-state index contributed by atoms with van der Waals surface area (Å²) < 4.78 is 7.93. The number of thiocarbonyl (C=S) groups is 1. The van der Waals surface area contributed by atoms with Crippen molar-refractivity contribution < 1.29 is 9.53 Å². The van der Waals surface area contributed by atoms with E-state index in [9.17, 15) is 4.79 Å². The highest BCUT2D eigenvalue weighted by Crippen LogP contribution is 2.38. The fourth-order valence-electron chi connectivity index (χ4n) is 3.17. The molecular formula is C18H23BrN4O2S2. The predicted molar refractivity (Wildman–Crippen MR) is 116 cm³/mol. The zero-order valence-electron chi connectivity index (χ0n) is 15.4. The number of esters is 1. The van der Waals surface area contributed by atoms with Crippen LogP contribution in [0.2, 0.25) is 0 Å². The van der Waals surface area contributed by atoms with Gasteiger partial charge in [0.2, 0.25) is 0 Å². The minimum Gasteiger partial charge on any atom is -0.465 e. The minimum absolute atomic E-state index is 0.292. The molecule has 0 saturated heterocycles. The quantitative estimate of drug-likeness (QED) is 0.376. The summed E-state index contributed by atoms with van der Waals surface area (Å²) in [4.78, 5) is 13.5. The summed E-state index contributed by atoms with van der Waals surface area (Å²) >= 11 is 10.5. The fourth-order valence-corrected chi connectivity index (χ4v) is 5.04. The number of hydrogen-bond donors (Lipinski definition) is 2. The SMILES string of the molecule is COC(=O)c1c(NC(=S)NCCCn2cc(Br)c(C)n2)sc2c1CCCC2. The Hall–Kier alpha value is -1.45. The number of carbonyl (C=O) groups is 1. The molecule has 0 radical (unpaired) electrons. The average molecular weight is 471 g/mol. The lowest BCUT2D eigenvalue weighted by Crippen LogP contribution is -2.30. The van der Waals surface area contributed by atoms with Gasteiger partial charge in [0.15, 0.2) is 5.11 Å². The number of aryl methyl sites for hydroxylation is 3. The van der Waals surface area contributed by atoms with Crippen LogP contribution in [-0.2, 0) is 24.1 Å². The molecule has 9 heteroatoms. The number of fused-ring (bicyclic) bond motifs is 1. The topological polar surface area (TPSA) is 68.2 Å². The largest absolute Gasteiger partial charge is 0.465 e. The third kappa shape index (κ3) is 4.89. The van der Waals surface area contributed by atoms with E-state index in [2.05, 4.69) is 31.7 Å². The van der Waals surface area contributed by atoms with Crippen molar-refractivity contribution in [2.75, 3.05) is 19.0 Å². The van der Waals surface area contributed by atoms with Crippen LogP contribution in [0, 0.1) is 6.92 Å². The second kappa shape index (κ2) is 9.16. The van der Waals surface area contributed by atoms with Crippen molar-refractivity contribution in [1.82, 2.24) is 15.1 Å². The molecule has 0 aliphatic heterocycles. The first-order valence-electron chi connectivity index (χ1n) is 8.97. The van der Waals surface area contributed by atoms with Gasteiger partial charge in [-0.15, -0.1) is 11.3 Å². The summed E-state index contributed by atoms with van der Waals surface area (Å²) in [5.41, 5.74) is 2.76. The number of ether oxygens (including phenoxy) is 1. The molecule has 0 saturated carbocycles. The van der Waals surface area contributed by atoms with E-state index in [1.807, 2.05) is 17.8 Å². The Balaban J connectivity index is 1.56. The summed E-state index contributed by atoms with van der Waals surface area (Å²) in [5.74, 6) is -0.292. The van der Waals surface area contributed by atoms with Crippen molar-refractivity contribution in [3.8, 4) is 0 Å². The molecule has 2 aromatic heterocycles. The minimum atomic E-state index is -0.292. The number of hydrogen-bond acceptors (Lipinski definition) is 5. The predicted octanol–water partition coefficient (Wildman–Crippen LogP) is 4.06. The molecule has 1 aliphatic rings. The van der Waals surface area contributed by atoms with E-state index in [0.717, 1.165) is 59.5 Å². The lowest BCUT2D eigenvalue weighted by Gasteiger charge is -2.12. The summed E-state index contributed by atoms with van der Waals surface area (Å²) in [7, 11) is 1.42. The number of thiophene rings is 1. The molecule has 1 aliphatic carbocycles. The first kappa shape index (κ1) is 20.3. The van der Waals surface area contributed by atoms with E-state index >= 15 is 0 Å². The standard InChI is InChI=1S/C18H23BrN4O2S2/c1-11-13(19)10-23(22-11)9-5-8-20-18(26)21-16-15(17(24)25-2)12-6-3-4-7-14(12)27-16/h10H,3-9H2,1-2H3,(H2,20,21,26). The van der Waals surface area contributed by atoms with Gasteiger partial charge in [-0.2, -0.15) is 5.10 Å². The molecule has 0 atom stereocenters. The van der Waals surface area contributed by atoms with Crippen LogP contribution in [0.15, 0.2) is 10.7 Å². The number of nitrogens with one attached hydrogen (secondary N) is 2. The highest BCUT2D eigenvalue weighted by atomic mass is 79.9. The highest BCUT2D eigenvalue weighted by Gasteiger charge is 2.26. The lowest BCUT2D eigenvalue weighted by molar-refractivity contribution is 0.0601. The molecular weight excluding hydrogens is 448 g/mol. The molecule has 2 aromatic rings. The second-order valence-corrected chi connectivity index (χ2v) is 8.83. The molecule has 2 heterocycles. The Bertz CT molecular complexity index is 827. The number of methoxy groups -OCH3 is 1. The van der Waals surface area contributed by atoms with Crippen molar-refractivity contribution in [2.24, 2.45) is 0 Å². The third-order valence-corrected chi connectivity index (χ3v) is 6.76. The van der Waals surface area contributed by atoms with E-state index < -0.39 is 0 Å². The maximum Gasteiger partial charge on any atom is 0.341 e. The van der Waals surface area contributed by atoms with E-state index in [0.29, 0.717) is 10.7 Å². The number of anilines is 1. The summed E-state index contributed by atoms with van der Waals surface area (Å²) in [6.45, 7) is 3.50. The molecule has 0 amide bonds. The van der Waals surface area contributed by atoms with Crippen LogP contribution in [0.3, 0.4) is 0 Å². The monoisotopic (exact) mass is 470 g/mol. The highest BCUT2D eigenvalue weighted by molar-refractivity contribution is 9.10. The summed E-state index contributed by atoms with van der Waals surface area (Å²) in [6, 6.07) is 0. The van der Waals surface area contributed by atoms with Crippen molar-refractivity contribution in [3.63, 3.8) is 0 Å². The van der Waals surface area contributed by atoms with Crippen LogP contribution >= 0.6 is 39.5 Å². The number of aromatic nitrogens is 2. The number of rotatable bonds is 6. The van der Waals surface area contributed by atoms with Gasteiger partial charge >= 0.3 is 5.97 Å². The van der Waals surface area contributed by atoms with Gasteiger partial charge in [0.1, 0.15) is 5.00 Å². The fraction of sp³-hybridized carbons (Fsp3) is 0.500. The number of nitrogens with zero attached hydrogens (tertiary/aromatic N) is 2. The van der Waals surface area contributed by atoms with Gasteiger partial charge < -0.3 is 15.4 Å². The Labute approximate surface area is 176 Å². The Morgan fingerprint density at radius 2 is 2.22 bits per heavy atom. The smallest absolute Gasteiger partial charge is 0.341 e. The van der Waals surface area contributed by atoms with Gasteiger partial charge in [-0.1, -0.05) is 0 Å². The Morgan fingerprint density at radius 1 is 1.44 bits per heavy atom. The van der Waals surface area contributed by atoms with E-state index in [4.69, 9.17) is 17.0 Å². The first-order chi connectivity index (χ1) is 13.0. The van der Waals surface area contributed by atoms with Gasteiger partial charge in [-0.3, -0.25) is 4.68 Å². The lowest BCUT2D eigenvalue weighted by atomic mass is 9.95. The van der Waals surface area contributed by atoms with Crippen LogP contribution < -0.4 is 10.6 Å². The number of halogens is 1. The zero-order valence-corrected chi connectivity index (χ0v) is 18.7. The zero-order chi connectivity index (χ0) is 19.4. The molecule has 3 rings (SSSR count). The Morgan fingerprint density at radius 3 is 2.93 bits per heavy atom. The molecule has 0 spiro atoms. The van der Waals surface area contributed by atoms with Crippen LogP contribution in [0.5, 0.6) is 0 Å². The molecule has 0 fully saturated rings. The van der Waals surface area contributed by atoms with Crippen molar-refractivity contribution in [1.29, 1.82) is 0 Å². The van der Waals surface area contributed by atoms with Crippen LogP contribution in [0.4, 0.5) is 5.00 Å². The van der Waals surface area contributed by atoms with Crippen molar-refractivity contribution in [2.45, 2.75) is 45.6 Å². The molecule has 0 bridgehead atoms. The molecule has 27 heavy (non-hydrogen) atoms. The normalized spacial score (nSPS) is 13.1. The van der Waals surface area contributed by atoms with Gasteiger partial charge in [0.25, 0.3) is 0 Å². The maximum absolute atomic E-state index is 12.3. The van der Waals surface area contributed by atoms with E-state index in [1.165, 1.54) is 18.4 Å². The summed E-state index contributed by atoms with van der Waals surface area (Å²) in [5, 5.41) is 12.1. The molecule has 2 N–H and O–H groups in total. The average Bonchev–Trinajstić information content (AvgIpc) is 3.17. The summed E-state index contributed by atoms with van der Waals surface area (Å²) in [6.07, 6.45) is 7.09. The van der Waals surface area contributed by atoms with Crippen LogP contribution in [-0.4, -0.2) is 34.5 Å². The van der Waals surface area contributed by atoms with Crippen molar-refractivity contribution in [3.05, 3.63) is 32.4 Å². The van der Waals surface area contributed by atoms with Gasteiger partial charge in [-0.05, 0) is 72.7 Å². The molecule has 146 valence electrons. The van der Waals surface area contributed by atoms with Crippen LogP contribution in [0.1, 0.15) is 45.8 Å². The maximum atomic E-state index is 12.3. The van der Waals surface area contributed by atoms with Gasteiger partial charge in [0, 0.05) is 24.2 Å². The third-order valence-electron chi connectivity index (χ3n) is 4.52. The van der Waals surface area contributed by atoms with Gasteiger partial charge in [-0.25, -0.2) is 4.79 Å². The van der Waals surface area contributed by atoms with Crippen LogP contribution in [0.25, 0.3) is 0 Å². The molecule has 0 unspecified atom stereocenters. The van der Waals surface area contributed by atoms with Crippen molar-refractivity contribution >= 4 is 55.6 Å². The molecule has 6 nitrogen and oxygen atoms in total. The Kier molecular flexibility index (Phi) is 6.88. The van der Waals surface area contributed by atoms with E-state index in [1.54, 1.807) is 11.3 Å². The number of carbonyl (C=O) groups excluding carboxylic acids is 1. The first-order valence-corrected chi connectivity index (χ1v) is 11.0.